The zero-order chi connectivity index (χ0) is 19.9. The first-order valence-electron chi connectivity index (χ1n) is 9.28. The number of aryl methyl sites for hydroxylation is 1. The second-order valence-corrected chi connectivity index (χ2v) is 10.5. The number of ketones is 1. The van der Waals surface area contributed by atoms with Crippen molar-refractivity contribution in [3.05, 3.63) is 41.2 Å². The van der Waals surface area contributed by atoms with Crippen LogP contribution in [0.2, 0.25) is 0 Å². The van der Waals surface area contributed by atoms with Crippen molar-refractivity contribution in [2.45, 2.75) is 31.2 Å². The lowest BCUT2D eigenvalue weighted by Crippen LogP contribution is -2.15. The SMILES string of the molecule is Cc1cc(C(=O)CSc2ccc3c(c2)OCCO3)c(C)n1[C@@H]1CCS(=O)(=O)C1. The Labute approximate surface area is 169 Å². The zero-order valence-corrected chi connectivity index (χ0v) is 17.6. The van der Waals surface area contributed by atoms with Gasteiger partial charge in [-0.25, -0.2) is 8.42 Å². The van der Waals surface area contributed by atoms with E-state index in [-0.39, 0.29) is 23.3 Å². The molecule has 0 unspecified atom stereocenters. The van der Waals surface area contributed by atoms with Gasteiger partial charge in [-0.05, 0) is 44.5 Å². The van der Waals surface area contributed by atoms with Crippen molar-refractivity contribution in [3.63, 3.8) is 0 Å². The number of benzene rings is 1. The van der Waals surface area contributed by atoms with Crippen LogP contribution in [0.15, 0.2) is 29.2 Å². The quantitative estimate of drug-likeness (QED) is 0.545. The maximum Gasteiger partial charge on any atom is 0.174 e. The molecule has 3 heterocycles. The number of hydrogen-bond donors (Lipinski definition) is 0. The Morgan fingerprint density at radius 3 is 2.64 bits per heavy atom. The number of rotatable bonds is 5. The van der Waals surface area contributed by atoms with Crippen LogP contribution in [0.25, 0.3) is 0 Å². The number of carbonyl (C=O) groups excluding carboxylic acids is 1. The summed E-state index contributed by atoms with van der Waals surface area (Å²) in [6.07, 6.45) is 0.609. The van der Waals surface area contributed by atoms with Crippen molar-refractivity contribution in [2.24, 2.45) is 0 Å². The van der Waals surface area contributed by atoms with E-state index in [1.807, 2.05) is 42.7 Å². The van der Waals surface area contributed by atoms with Gasteiger partial charge in [0.2, 0.25) is 0 Å². The average Bonchev–Trinajstić information content (AvgIpc) is 3.17. The first-order chi connectivity index (χ1) is 13.3. The standard InChI is InChI=1S/C20H23NO5S2/c1-13-9-17(14(2)21(13)15-5-8-28(23,24)12-15)18(22)11-27-16-3-4-19-20(10-16)26-7-6-25-19/h3-4,9-10,15H,5-8,11-12H2,1-2H3/t15-/m1/s1. The third-order valence-electron chi connectivity index (χ3n) is 5.24. The molecular formula is C20H23NO5S2. The fourth-order valence-corrected chi connectivity index (χ4v) is 6.45. The van der Waals surface area contributed by atoms with Gasteiger partial charge in [0, 0.05) is 27.9 Å². The molecule has 2 aromatic rings. The molecule has 6 nitrogen and oxygen atoms in total. The Morgan fingerprint density at radius 2 is 1.93 bits per heavy atom. The highest BCUT2D eigenvalue weighted by Crippen LogP contribution is 2.35. The first-order valence-corrected chi connectivity index (χ1v) is 12.1. The van der Waals surface area contributed by atoms with E-state index in [1.165, 1.54) is 11.8 Å². The highest BCUT2D eigenvalue weighted by atomic mass is 32.2. The summed E-state index contributed by atoms with van der Waals surface area (Å²) in [5.41, 5.74) is 2.46. The van der Waals surface area contributed by atoms with Crippen molar-refractivity contribution in [2.75, 3.05) is 30.5 Å². The van der Waals surface area contributed by atoms with Gasteiger partial charge in [0.1, 0.15) is 13.2 Å². The van der Waals surface area contributed by atoms with Crippen molar-refractivity contribution < 1.29 is 22.7 Å². The van der Waals surface area contributed by atoms with Crippen LogP contribution >= 0.6 is 11.8 Å². The van der Waals surface area contributed by atoms with Crippen LogP contribution in [0.1, 0.15) is 34.2 Å². The average molecular weight is 422 g/mol. The summed E-state index contributed by atoms with van der Waals surface area (Å²) in [7, 11) is -2.97. The lowest BCUT2D eigenvalue weighted by Gasteiger charge is -2.18. The highest BCUT2D eigenvalue weighted by molar-refractivity contribution is 8.00. The van der Waals surface area contributed by atoms with Crippen LogP contribution in [0.5, 0.6) is 11.5 Å². The second kappa shape index (κ2) is 7.48. The summed E-state index contributed by atoms with van der Waals surface area (Å²) in [6, 6.07) is 7.51. The van der Waals surface area contributed by atoms with E-state index in [0.29, 0.717) is 36.7 Å². The molecule has 0 N–H and O–H groups in total. The molecule has 0 saturated carbocycles. The predicted molar refractivity (Wildman–Crippen MR) is 109 cm³/mol. The molecule has 0 amide bonds. The van der Waals surface area contributed by atoms with E-state index in [9.17, 15) is 13.2 Å². The van der Waals surface area contributed by atoms with Crippen LogP contribution < -0.4 is 9.47 Å². The van der Waals surface area contributed by atoms with E-state index < -0.39 is 9.84 Å². The Balaban J connectivity index is 1.48. The molecule has 2 aliphatic heterocycles. The van der Waals surface area contributed by atoms with Gasteiger partial charge < -0.3 is 14.0 Å². The number of nitrogens with zero attached hydrogens (tertiary/aromatic N) is 1. The van der Waals surface area contributed by atoms with Gasteiger partial charge in [0.05, 0.1) is 17.3 Å². The molecule has 1 atom stereocenters. The number of carbonyl (C=O) groups is 1. The molecule has 1 saturated heterocycles. The first kappa shape index (κ1) is 19.4. The summed E-state index contributed by atoms with van der Waals surface area (Å²) in [6.45, 7) is 4.92. The Kier molecular flexibility index (Phi) is 5.18. The Hall–Kier alpha value is -1.93. The fraction of sp³-hybridized carbons (Fsp3) is 0.450. The number of Topliss-reactive ketones (excluding diaryl/α,β-unsaturated/α-hetero) is 1. The lowest BCUT2D eigenvalue weighted by atomic mass is 10.2. The lowest BCUT2D eigenvalue weighted by molar-refractivity contribution is 0.102. The zero-order valence-electron chi connectivity index (χ0n) is 15.9. The topological polar surface area (TPSA) is 74.6 Å². The summed E-state index contributed by atoms with van der Waals surface area (Å²) in [5.74, 6) is 2.18. The molecule has 1 aromatic carbocycles. The maximum absolute atomic E-state index is 12.8. The molecule has 150 valence electrons. The van der Waals surface area contributed by atoms with Crippen molar-refractivity contribution in [1.29, 1.82) is 0 Å². The highest BCUT2D eigenvalue weighted by Gasteiger charge is 2.31. The third kappa shape index (κ3) is 3.80. The van der Waals surface area contributed by atoms with Crippen molar-refractivity contribution in [1.82, 2.24) is 4.57 Å². The molecule has 28 heavy (non-hydrogen) atoms. The van der Waals surface area contributed by atoms with Crippen molar-refractivity contribution >= 4 is 27.4 Å². The van der Waals surface area contributed by atoms with Gasteiger partial charge in [-0.2, -0.15) is 0 Å². The van der Waals surface area contributed by atoms with Crippen molar-refractivity contribution in [3.8, 4) is 11.5 Å². The molecule has 0 radical (unpaired) electrons. The van der Waals surface area contributed by atoms with Gasteiger partial charge in [-0.3, -0.25) is 4.79 Å². The molecule has 8 heteroatoms. The molecule has 1 fully saturated rings. The van der Waals surface area contributed by atoms with Crippen LogP contribution in [0.3, 0.4) is 0 Å². The Bertz CT molecular complexity index is 1030. The monoisotopic (exact) mass is 421 g/mol. The molecule has 2 aliphatic rings. The molecule has 0 aliphatic carbocycles. The molecule has 0 spiro atoms. The maximum atomic E-state index is 12.8. The fourth-order valence-electron chi connectivity index (χ4n) is 3.94. The van der Waals surface area contributed by atoms with Crippen LogP contribution in [0, 0.1) is 13.8 Å². The van der Waals surface area contributed by atoms with E-state index in [0.717, 1.165) is 22.0 Å². The minimum atomic E-state index is -2.97. The summed E-state index contributed by atoms with van der Waals surface area (Å²) in [4.78, 5) is 13.8. The third-order valence-corrected chi connectivity index (χ3v) is 7.99. The van der Waals surface area contributed by atoms with E-state index >= 15 is 0 Å². The molecular weight excluding hydrogens is 398 g/mol. The number of fused-ring (bicyclic) bond motifs is 1. The molecule has 0 bridgehead atoms. The van der Waals surface area contributed by atoms with Gasteiger partial charge in [0.15, 0.2) is 27.1 Å². The number of sulfone groups is 1. The molecule has 4 rings (SSSR count). The number of aromatic nitrogens is 1. The second-order valence-electron chi connectivity index (χ2n) is 7.23. The number of ether oxygens (including phenoxy) is 2. The smallest absolute Gasteiger partial charge is 0.174 e. The summed E-state index contributed by atoms with van der Waals surface area (Å²) in [5, 5.41) is 0. The van der Waals surface area contributed by atoms with Crippen LogP contribution in [-0.4, -0.2) is 49.2 Å². The van der Waals surface area contributed by atoms with Gasteiger partial charge >= 0.3 is 0 Å². The normalized spacial score (nSPS) is 20.3. The summed E-state index contributed by atoms with van der Waals surface area (Å²) >= 11 is 1.46. The van der Waals surface area contributed by atoms with Crippen LogP contribution in [-0.2, 0) is 9.84 Å². The largest absolute Gasteiger partial charge is 0.486 e. The predicted octanol–water partition coefficient (Wildman–Crippen LogP) is 3.21. The van der Waals surface area contributed by atoms with Gasteiger partial charge in [-0.15, -0.1) is 11.8 Å². The summed E-state index contributed by atoms with van der Waals surface area (Å²) < 4.78 is 36.8. The van der Waals surface area contributed by atoms with Gasteiger partial charge in [0.25, 0.3) is 0 Å². The number of hydrogen-bond acceptors (Lipinski definition) is 6. The minimum Gasteiger partial charge on any atom is -0.486 e. The van der Waals surface area contributed by atoms with Gasteiger partial charge in [-0.1, -0.05) is 0 Å². The Morgan fingerprint density at radius 1 is 1.18 bits per heavy atom. The van der Waals surface area contributed by atoms with E-state index in [4.69, 9.17) is 9.47 Å². The van der Waals surface area contributed by atoms with Crippen LogP contribution in [0.4, 0.5) is 0 Å². The van der Waals surface area contributed by atoms with E-state index in [2.05, 4.69) is 0 Å². The molecule has 1 aromatic heterocycles. The van der Waals surface area contributed by atoms with E-state index in [1.54, 1.807) is 0 Å². The minimum absolute atomic E-state index is 0.0418. The number of thioether (sulfide) groups is 1.